The van der Waals surface area contributed by atoms with E-state index in [2.05, 4.69) is 17.4 Å². The molecule has 0 atom stereocenters. The second kappa shape index (κ2) is 10.1. The van der Waals surface area contributed by atoms with Crippen LogP contribution in [0.4, 0.5) is 0 Å². The molecule has 5 nitrogen and oxygen atoms in total. The maximum atomic E-state index is 12.5. The summed E-state index contributed by atoms with van der Waals surface area (Å²) in [5.74, 6) is 2.08. The molecular formula is C23H31N2O3+. The number of benzene rings is 2. The molecule has 1 heterocycles. The second-order valence-corrected chi connectivity index (χ2v) is 7.41. The number of carbonyl (C=O) groups is 1. The Bertz CT molecular complexity index is 756. The van der Waals surface area contributed by atoms with Gasteiger partial charge < -0.3 is 19.7 Å². The zero-order valence-corrected chi connectivity index (χ0v) is 16.9. The molecule has 1 fully saturated rings. The molecule has 1 amide bonds. The van der Waals surface area contributed by atoms with Crippen LogP contribution in [-0.2, 0) is 17.8 Å². The minimum absolute atomic E-state index is 0.131. The zero-order valence-electron chi connectivity index (χ0n) is 16.9. The summed E-state index contributed by atoms with van der Waals surface area (Å²) in [6, 6.07) is 16.2. The number of rotatable bonds is 8. The lowest BCUT2D eigenvalue weighted by Crippen LogP contribution is -3.11. The molecular weight excluding hydrogens is 352 g/mol. The first-order valence-corrected chi connectivity index (χ1v) is 10.1. The fourth-order valence-electron chi connectivity index (χ4n) is 3.87. The van der Waals surface area contributed by atoms with Crippen LogP contribution < -0.4 is 19.7 Å². The fraction of sp³-hybridized carbons (Fsp3) is 0.435. The fourth-order valence-corrected chi connectivity index (χ4v) is 3.87. The molecule has 5 heteroatoms. The lowest BCUT2D eigenvalue weighted by Gasteiger charge is -2.29. The van der Waals surface area contributed by atoms with Crippen LogP contribution in [0.15, 0.2) is 48.5 Å². The molecule has 0 bridgehead atoms. The number of amides is 1. The van der Waals surface area contributed by atoms with E-state index in [1.807, 2.05) is 36.4 Å². The number of ether oxygens (including phenoxy) is 2. The van der Waals surface area contributed by atoms with Gasteiger partial charge in [0.05, 0.1) is 32.9 Å². The molecule has 0 unspecified atom stereocenters. The van der Waals surface area contributed by atoms with E-state index in [0.29, 0.717) is 6.54 Å². The van der Waals surface area contributed by atoms with Gasteiger partial charge in [-0.3, -0.25) is 4.79 Å². The molecule has 1 aliphatic heterocycles. The van der Waals surface area contributed by atoms with Gasteiger partial charge >= 0.3 is 0 Å². The first-order valence-electron chi connectivity index (χ1n) is 10.1. The lowest BCUT2D eigenvalue weighted by molar-refractivity contribution is -0.919. The van der Waals surface area contributed by atoms with E-state index in [4.69, 9.17) is 9.47 Å². The first kappa shape index (κ1) is 20.2. The Balaban J connectivity index is 1.44. The predicted octanol–water partition coefficient (Wildman–Crippen LogP) is 1.86. The van der Waals surface area contributed by atoms with Gasteiger partial charge in [0.15, 0.2) is 0 Å². The summed E-state index contributed by atoms with van der Waals surface area (Å²) in [7, 11) is 3.38. The number of piperidine rings is 1. The molecule has 2 aromatic carbocycles. The Morgan fingerprint density at radius 1 is 1.07 bits per heavy atom. The van der Waals surface area contributed by atoms with Gasteiger partial charge in [0.1, 0.15) is 18.0 Å². The molecule has 0 spiro atoms. The molecule has 2 N–H and O–H groups in total. The number of nitrogens with one attached hydrogen (secondary N) is 2. The summed E-state index contributed by atoms with van der Waals surface area (Å²) >= 11 is 0. The third-order valence-electron chi connectivity index (χ3n) is 5.55. The number of quaternary nitrogens is 1. The Hall–Kier alpha value is -2.53. The third kappa shape index (κ3) is 5.49. The van der Waals surface area contributed by atoms with E-state index < -0.39 is 0 Å². The summed E-state index contributed by atoms with van der Waals surface area (Å²) in [5, 5.41) is 3.11. The van der Waals surface area contributed by atoms with Crippen molar-refractivity contribution in [2.75, 3.05) is 33.9 Å². The van der Waals surface area contributed by atoms with E-state index in [-0.39, 0.29) is 11.8 Å². The monoisotopic (exact) mass is 383 g/mol. The molecule has 3 rings (SSSR count). The van der Waals surface area contributed by atoms with Gasteiger partial charge in [-0.2, -0.15) is 0 Å². The summed E-state index contributed by atoms with van der Waals surface area (Å²) in [4.78, 5) is 14.0. The van der Waals surface area contributed by atoms with Gasteiger partial charge in [0.2, 0.25) is 5.91 Å². The first-order chi connectivity index (χ1) is 13.7. The number of hydrogen-bond acceptors (Lipinski definition) is 3. The standard InChI is InChI=1S/C23H30N2O3/c1-27-21-8-9-22(28-2)20(16-21)17-25-14-11-19(12-15-25)23(26)24-13-10-18-6-4-3-5-7-18/h3-9,16,19H,10-15,17H2,1-2H3,(H,24,26)/p+1. The largest absolute Gasteiger partial charge is 0.497 e. The van der Waals surface area contributed by atoms with Gasteiger partial charge in [0, 0.05) is 25.3 Å². The third-order valence-corrected chi connectivity index (χ3v) is 5.55. The second-order valence-electron chi connectivity index (χ2n) is 7.41. The van der Waals surface area contributed by atoms with Crippen molar-refractivity contribution in [1.82, 2.24) is 5.32 Å². The van der Waals surface area contributed by atoms with E-state index in [1.165, 1.54) is 10.5 Å². The van der Waals surface area contributed by atoms with Crippen LogP contribution in [0.5, 0.6) is 11.5 Å². The van der Waals surface area contributed by atoms with Crippen molar-refractivity contribution >= 4 is 5.91 Å². The quantitative estimate of drug-likeness (QED) is 0.732. The van der Waals surface area contributed by atoms with Crippen molar-refractivity contribution < 1.29 is 19.2 Å². The minimum atomic E-state index is 0.131. The summed E-state index contributed by atoms with van der Waals surface area (Å²) in [6.45, 7) is 3.59. The van der Waals surface area contributed by atoms with Gasteiger partial charge in [0.25, 0.3) is 0 Å². The van der Waals surface area contributed by atoms with Crippen molar-refractivity contribution in [2.24, 2.45) is 5.92 Å². The Morgan fingerprint density at radius 3 is 2.50 bits per heavy atom. The van der Waals surface area contributed by atoms with E-state index in [0.717, 1.165) is 56.0 Å². The number of likely N-dealkylation sites (tertiary alicyclic amines) is 1. The summed E-state index contributed by atoms with van der Waals surface area (Å²) in [6.07, 6.45) is 2.74. The molecule has 0 radical (unpaired) electrons. The van der Waals surface area contributed by atoms with Crippen LogP contribution in [0.25, 0.3) is 0 Å². The van der Waals surface area contributed by atoms with Crippen LogP contribution in [-0.4, -0.2) is 39.8 Å². The molecule has 0 aromatic heterocycles. The van der Waals surface area contributed by atoms with Crippen LogP contribution >= 0.6 is 0 Å². The molecule has 0 saturated carbocycles. The van der Waals surface area contributed by atoms with Gasteiger partial charge in [-0.15, -0.1) is 0 Å². The molecule has 150 valence electrons. The van der Waals surface area contributed by atoms with Crippen molar-refractivity contribution in [3.8, 4) is 11.5 Å². The molecule has 1 aliphatic rings. The highest BCUT2D eigenvalue weighted by Gasteiger charge is 2.27. The van der Waals surface area contributed by atoms with Crippen molar-refractivity contribution in [3.63, 3.8) is 0 Å². The zero-order chi connectivity index (χ0) is 19.8. The summed E-state index contributed by atoms with van der Waals surface area (Å²) < 4.78 is 10.8. The highest BCUT2D eigenvalue weighted by atomic mass is 16.5. The van der Waals surface area contributed by atoms with E-state index >= 15 is 0 Å². The topological polar surface area (TPSA) is 52.0 Å². The molecule has 1 saturated heterocycles. The average Bonchev–Trinajstić information content (AvgIpc) is 2.75. The highest BCUT2D eigenvalue weighted by Crippen LogP contribution is 2.23. The van der Waals surface area contributed by atoms with Crippen LogP contribution in [0.2, 0.25) is 0 Å². The van der Waals surface area contributed by atoms with Crippen molar-refractivity contribution in [1.29, 1.82) is 0 Å². The number of carbonyl (C=O) groups excluding carboxylic acids is 1. The Kier molecular flexibility index (Phi) is 7.31. The molecule has 28 heavy (non-hydrogen) atoms. The van der Waals surface area contributed by atoms with Crippen LogP contribution in [0, 0.1) is 5.92 Å². The van der Waals surface area contributed by atoms with Gasteiger partial charge in [-0.05, 0) is 30.2 Å². The van der Waals surface area contributed by atoms with Crippen LogP contribution in [0.1, 0.15) is 24.0 Å². The molecule has 2 aromatic rings. The average molecular weight is 384 g/mol. The highest BCUT2D eigenvalue weighted by molar-refractivity contribution is 5.78. The number of hydrogen-bond donors (Lipinski definition) is 2. The van der Waals surface area contributed by atoms with Gasteiger partial charge in [-0.1, -0.05) is 30.3 Å². The van der Waals surface area contributed by atoms with Gasteiger partial charge in [-0.25, -0.2) is 0 Å². The molecule has 0 aliphatic carbocycles. The van der Waals surface area contributed by atoms with Crippen molar-refractivity contribution in [3.05, 3.63) is 59.7 Å². The minimum Gasteiger partial charge on any atom is -0.497 e. The van der Waals surface area contributed by atoms with Crippen LogP contribution in [0.3, 0.4) is 0 Å². The normalized spacial score (nSPS) is 19.1. The Labute approximate surface area is 167 Å². The summed E-state index contributed by atoms with van der Waals surface area (Å²) in [5.41, 5.74) is 2.41. The maximum Gasteiger partial charge on any atom is 0.223 e. The Morgan fingerprint density at radius 2 is 1.82 bits per heavy atom. The SMILES string of the molecule is COc1ccc(OC)c(C[NH+]2CCC(C(=O)NCCc3ccccc3)CC2)c1. The van der Waals surface area contributed by atoms with Crippen molar-refractivity contribution in [2.45, 2.75) is 25.8 Å². The van der Waals surface area contributed by atoms with E-state index in [9.17, 15) is 4.79 Å². The van der Waals surface area contributed by atoms with E-state index in [1.54, 1.807) is 14.2 Å². The number of methoxy groups -OCH3 is 2. The lowest BCUT2D eigenvalue weighted by atomic mass is 9.95. The predicted molar refractivity (Wildman–Crippen MR) is 110 cm³/mol. The maximum absolute atomic E-state index is 12.5. The smallest absolute Gasteiger partial charge is 0.223 e.